The first-order valence-corrected chi connectivity index (χ1v) is 20.2. The fraction of sp³-hybridized carbons (Fsp3) is 0.667. The minimum absolute atomic E-state index is 0.0844. The van der Waals surface area contributed by atoms with Crippen molar-refractivity contribution in [1.82, 2.24) is 36.4 Å². The van der Waals surface area contributed by atoms with Gasteiger partial charge in [-0.2, -0.15) is 0 Å². The van der Waals surface area contributed by atoms with Crippen molar-refractivity contribution in [2.24, 2.45) is 17.8 Å². The number of alkyl halides is 2. The number of halogens is 2. The molecule has 5 N–H and O–H groups in total. The van der Waals surface area contributed by atoms with Crippen LogP contribution in [0, 0.1) is 17.8 Å². The zero-order valence-corrected chi connectivity index (χ0v) is 34.0. The number of rotatable bonds is 15. The summed E-state index contributed by atoms with van der Waals surface area (Å²) in [7, 11) is 3.12. The summed E-state index contributed by atoms with van der Waals surface area (Å²) in [5.41, 5.74) is -0.00737. The van der Waals surface area contributed by atoms with Crippen LogP contribution in [0.3, 0.4) is 0 Å². The molecule has 0 radical (unpaired) electrons. The SMILES string of the molecule is CN(C)C(=O)[C@@H](NC(=O)CNC(=O)C(=O)C(CC1CCC1)NC(=O)[C@@H]1[C@@H](C(Cl)Cl)CCN1C(=O)[C@@H](NC(=O)NC(C)(C)C)C1CCCCC1)c1ccccc1. The van der Waals surface area contributed by atoms with Crippen molar-refractivity contribution in [3.8, 4) is 0 Å². The topological polar surface area (TPSA) is 186 Å². The number of likely N-dealkylation sites (tertiary alicyclic amines) is 1. The molecular formula is C39H57Cl2N7O7. The summed E-state index contributed by atoms with van der Waals surface area (Å²) in [6, 6.07) is 3.80. The maximum absolute atomic E-state index is 14.4. The van der Waals surface area contributed by atoms with Crippen molar-refractivity contribution in [2.75, 3.05) is 27.2 Å². The van der Waals surface area contributed by atoms with E-state index in [1.54, 1.807) is 44.4 Å². The van der Waals surface area contributed by atoms with Crippen molar-refractivity contribution < 1.29 is 33.6 Å². The molecule has 1 saturated heterocycles. The summed E-state index contributed by atoms with van der Waals surface area (Å²) < 4.78 is 0. The highest BCUT2D eigenvalue weighted by atomic mass is 35.5. The van der Waals surface area contributed by atoms with E-state index in [0.29, 0.717) is 12.0 Å². The van der Waals surface area contributed by atoms with Gasteiger partial charge in [-0.05, 0) is 63.9 Å². The summed E-state index contributed by atoms with van der Waals surface area (Å²) in [4.78, 5) is 96.3. The number of nitrogens with zero attached hydrogens (tertiary/aromatic N) is 2. The molecule has 4 rings (SSSR count). The Kier molecular flexibility index (Phi) is 15.8. The first-order valence-electron chi connectivity index (χ1n) is 19.3. The van der Waals surface area contributed by atoms with Crippen LogP contribution < -0.4 is 26.6 Å². The molecule has 55 heavy (non-hydrogen) atoms. The van der Waals surface area contributed by atoms with Crippen molar-refractivity contribution in [2.45, 2.75) is 120 Å². The van der Waals surface area contributed by atoms with Gasteiger partial charge in [-0.1, -0.05) is 68.9 Å². The van der Waals surface area contributed by atoms with E-state index >= 15 is 0 Å². The zero-order chi connectivity index (χ0) is 40.4. The van der Waals surface area contributed by atoms with Gasteiger partial charge in [-0.25, -0.2) is 4.79 Å². The van der Waals surface area contributed by atoms with Gasteiger partial charge >= 0.3 is 6.03 Å². The predicted molar refractivity (Wildman–Crippen MR) is 209 cm³/mol. The lowest BCUT2D eigenvalue weighted by Gasteiger charge is -2.36. The smallest absolute Gasteiger partial charge is 0.315 e. The van der Waals surface area contributed by atoms with E-state index in [9.17, 15) is 33.6 Å². The molecule has 0 spiro atoms. The van der Waals surface area contributed by atoms with Crippen LogP contribution in [0.25, 0.3) is 0 Å². The number of amides is 7. The molecule has 1 aromatic carbocycles. The largest absolute Gasteiger partial charge is 0.347 e. The summed E-state index contributed by atoms with van der Waals surface area (Å²) >= 11 is 12.8. The lowest BCUT2D eigenvalue weighted by Crippen LogP contribution is -2.61. The van der Waals surface area contributed by atoms with E-state index in [2.05, 4.69) is 26.6 Å². The van der Waals surface area contributed by atoms with Gasteiger partial charge in [0.2, 0.25) is 29.4 Å². The minimum atomic E-state index is -1.25. The summed E-state index contributed by atoms with van der Waals surface area (Å²) in [5.74, 6) is -4.95. The Hall–Kier alpha value is -3.91. The molecule has 0 bridgehead atoms. The number of nitrogens with one attached hydrogen (secondary N) is 5. The Morgan fingerprint density at radius 1 is 0.855 bits per heavy atom. The summed E-state index contributed by atoms with van der Waals surface area (Å²) in [6.45, 7) is 5.07. The van der Waals surface area contributed by atoms with Crippen LogP contribution in [0.4, 0.5) is 4.79 Å². The summed E-state index contributed by atoms with van der Waals surface area (Å²) in [5, 5.41) is 13.5. The van der Waals surface area contributed by atoms with Crippen LogP contribution >= 0.6 is 23.2 Å². The van der Waals surface area contributed by atoms with Crippen LogP contribution in [0.15, 0.2) is 30.3 Å². The zero-order valence-electron chi connectivity index (χ0n) is 32.5. The average Bonchev–Trinajstić information content (AvgIpc) is 3.58. The van der Waals surface area contributed by atoms with E-state index in [1.807, 2.05) is 20.8 Å². The standard InChI is InChI=1S/C39H57Cl2N7O7/c1-39(2,3)46-38(55)45-30(25-17-10-7-11-18-25)37(54)48-20-19-26(33(40)41)31(48)34(51)43-27(21-23-13-12-14-23)32(50)35(52)42-22-28(49)44-29(36(53)47(4)5)24-15-8-6-9-16-24/h6,8-9,15-16,23,25-27,29-31,33H,7,10-14,17-22H2,1-5H3,(H,42,52)(H,43,51)(H,44,49)(H2,45,46,55)/t26-,27?,29-,30-,31-/m0/s1. The molecule has 2 aliphatic carbocycles. The Morgan fingerprint density at radius 3 is 2.07 bits per heavy atom. The molecule has 5 atom stereocenters. The molecule has 1 unspecified atom stereocenters. The van der Waals surface area contributed by atoms with Crippen LogP contribution in [0.5, 0.6) is 0 Å². The maximum Gasteiger partial charge on any atom is 0.315 e. The lowest BCUT2D eigenvalue weighted by molar-refractivity contribution is -0.144. The predicted octanol–water partition coefficient (Wildman–Crippen LogP) is 3.36. The number of carbonyl (C=O) groups excluding carboxylic acids is 7. The highest BCUT2D eigenvalue weighted by molar-refractivity contribution is 6.44. The minimum Gasteiger partial charge on any atom is -0.347 e. The third-order valence-electron chi connectivity index (χ3n) is 10.7. The Balaban J connectivity index is 1.49. The monoisotopic (exact) mass is 805 g/mol. The molecule has 1 heterocycles. The van der Waals surface area contributed by atoms with Gasteiger partial charge in [0.25, 0.3) is 5.91 Å². The van der Waals surface area contributed by atoms with E-state index in [-0.39, 0.29) is 30.7 Å². The Bertz CT molecular complexity index is 1540. The average molecular weight is 807 g/mol. The van der Waals surface area contributed by atoms with E-state index < -0.39 is 82.4 Å². The normalized spacial score (nSPS) is 20.7. The Labute approximate surface area is 333 Å². The Morgan fingerprint density at radius 2 is 1.51 bits per heavy atom. The molecular weight excluding hydrogens is 749 g/mol. The van der Waals surface area contributed by atoms with Crippen molar-refractivity contribution in [1.29, 1.82) is 0 Å². The number of hydrogen-bond acceptors (Lipinski definition) is 7. The molecule has 1 aliphatic heterocycles. The number of carbonyl (C=O) groups is 7. The number of likely N-dealkylation sites (N-methyl/N-ethyl adjacent to an activating group) is 1. The van der Waals surface area contributed by atoms with Gasteiger partial charge in [0.05, 0.1) is 12.6 Å². The molecule has 3 fully saturated rings. The van der Waals surface area contributed by atoms with E-state index in [0.717, 1.165) is 51.4 Å². The number of Topliss-reactive ketones (excluding diaryl/α,β-unsaturated/α-hetero) is 1. The van der Waals surface area contributed by atoms with Gasteiger partial charge in [0.15, 0.2) is 0 Å². The molecule has 7 amide bonds. The third kappa shape index (κ3) is 12.3. The second-order valence-corrected chi connectivity index (χ2v) is 17.4. The molecule has 3 aliphatic rings. The van der Waals surface area contributed by atoms with Gasteiger partial charge in [0.1, 0.15) is 23.0 Å². The van der Waals surface area contributed by atoms with Crippen LogP contribution in [0.1, 0.15) is 96.6 Å². The molecule has 16 heteroatoms. The highest BCUT2D eigenvalue weighted by Crippen LogP contribution is 2.36. The van der Waals surface area contributed by atoms with Crippen molar-refractivity contribution >= 4 is 64.6 Å². The molecule has 2 saturated carbocycles. The van der Waals surface area contributed by atoms with Gasteiger partial charge in [0, 0.05) is 32.1 Å². The first kappa shape index (κ1) is 43.8. The van der Waals surface area contributed by atoms with Crippen LogP contribution in [-0.2, 0) is 28.8 Å². The van der Waals surface area contributed by atoms with Gasteiger partial charge < -0.3 is 36.4 Å². The maximum atomic E-state index is 14.4. The number of hydrogen-bond donors (Lipinski definition) is 5. The highest BCUT2D eigenvalue weighted by Gasteiger charge is 2.48. The molecule has 14 nitrogen and oxygen atoms in total. The first-order chi connectivity index (χ1) is 26.0. The molecule has 1 aromatic rings. The van der Waals surface area contributed by atoms with Crippen molar-refractivity contribution in [3.05, 3.63) is 35.9 Å². The van der Waals surface area contributed by atoms with E-state index in [4.69, 9.17) is 23.2 Å². The van der Waals surface area contributed by atoms with Gasteiger partial charge in [-0.3, -0.25) is 28.8 Å². The van der Waals surface area contributed by atoms with Crippen molar-refractivity contribution in [3.63, 3.8) is 0 Å². The molecule has 0 aromatic heterocycles. The second-order valence-electron chi connectivity index (χ2n) is 16.3. The van der Waals surface area contributed by atoms with Crippen LogP contribution in [0.2, 0.25) is 0 Å². The molecule has 304 valence electrons. The fourth-order valence-electron chi connectivity index (χ4n) is 7.57. The quantitative estimate of drug-likeness (QED) is 0.133. The van der Waals surface area contributed by atoms with Gasteiger partial charge in [-0.15, -0.1) is 23.2 Å². The summed E-state index contributed by atoms with van der Waals surface area (Å²) in [6.07, 6.45) is 7.40. The lowest BCUT2D eigenvalue weighted by atomic mass is 9.80. The fourth-order valence-corrected chi connectivity index (χ4v) is 8.10. The van der Waals surface area contributed by atoms with Crippen LogP contribution in [-0.4, -0.2) is 107 Å². The second kappa shape index (κ2) is 19.8. The number of benzene rings is 1. The third-order valence-corrected chi connectivity index (χ3v) is 11.3. The number of urea groups is 1. The van der Waals surface area contributed by atoms with E-state index in [1.165, 1.54) is 9.80 Å². The number of ketones is 1.